The molecule has 0 aliphatic carbocycles. The molecule has 0 radical (unpaired) electrons. The summed E-state index contributed by atoms with van der Waals surface area (Å²) in [7, 11) is 0. The fourth-order valence-electron chi connectivity index (χ4n) is 4.42. The van der Waals surface area contributed by atoms with Crippen LogP contribution in [0.3, 0.4) is 0 Å². The number of rotatable bonds is 6. The molecule has 38 heavy (non-hydrogen) atoms. The zero-order valence-corrected chi connectivity index (χ0v) is 24.0. The van der Waals surface area contributed by atoms with Gasteiger partial charge in [-0.1, -0.05) is 35.0 Å². The predicted molar refractivity (Wildman–Crippen MR) is 147 cm³/mol. The third kappa shape index (κ3) is 6.53. The number of ether oxygens (including phenoxy) is 1. The first-order chi connectivity index (χ1) is 17.9. The van der Waals surface area contributed by atoms with E-state index in [2.05, 4.69) is 31.6 Å². The van der Waals surface area contributed by atoms with E-state index in [0.29, 0.717) is 33.0 Å². The topological polar surface area (TPSA) is 89.4 Å². The Labute approximate surface area is 234 Å². The van der Waals surface area contributed by atoms with Crippen molar-refractivity contribution in [2.45, 2.75) is 64.6 Å². The second-order valence-corrected chi connectivity index (χ2v) is 11.5. The zero-order chi connectivity index (χ0) is 27.6. The predicted octanol–water partition coefficient (Wildman–Crippen LogP) is 6.70. The molecule has 3 aromatic rings. The fourth-order valence-corrected chi connectivity index (χ4v) is 5.06. The maximum atomic E-state index is 13.7. The van der Waals surface area contributed by atoms with Crippen molar-refractivity contribution >= 4 is 45.2 Å². The van der Waals surface area contributed by atoms with Crippen LogP contribution in [0.1, 0.15) is 69.4 Å². The normalized spacial score (nSPS) is 16.4. The lowest BCUT2D eigenvalue weighted by Crippen LogP contribution is -2.32. The lowest BCUT2D eigenvalue weighted by atomic mass is 10.1. The Kier molecular flexibility index (Phi) is 8.42. The summed E-state index contributed by atoms with van der Waals surface area (Å²) in [5.74, 6) is -0.416. The molecule has 2 heterocycles. The van der Waals surface area contributed by atoms with Gasteiger partial charge in [0.05, 0.1) is 39.9 Å². The van der Waals surface area contributed by atoms with Gasteiger partial charge in [-0.2, -0.15) is 0 Å². The highest BCUT2D eigenvalue weighted by molar-refractivity contribution is 9.10. The van der Waals surface area contributed by atoms with Gasteiger partial charge in [0.2, 0.25) is 5.91 Å². The van der Waals surface area contributed by atoms with Crippen molar-refractivity contribution in [3.05, 3.63) is 74.7 Å². The van der Waals surface area contributed by atoms with Crippen molar-refractivity contribution in [1.82, 2.24) is 19.9 Å². The molecule has 0 bridgehead atoms. The van der Waals surface area contributed by atoms with Crippen molar-refractivity contribution in [1.29, 1.82) is 0 Å². The van der Waals surface area contributed by atoms with Crippen LogP contribution in [0.5, 0.6) is 0 Å². The number of likely N-dealkylation sites (tertiary alicyclic amines) is 1. The number of carbonyl (C=O) groups excluding carboxylic acids is 2. The van der Waals surface area contributed by atoms with Gasteiger partial charge >= 0.3 is 6.09 Å². The van der Waals surface area contributed by atoms with Crippen molar-refractivity contribution < 1.29 is 18.7 Å². The number of hydrogen-bond donors (Lipinski definition) is 1. The number of aromatic nitrogens is 3. The molecule has 8 nitrogen and oxygen atoms in total. The Bertz CT molecular complexity index is 1340. The number of hydrogen-bond acceptors (Lipinski definition) is 5. The maximum Gasteiger partial charge on any atom is 0.412 e. The molecule has 0 spiro atoms. The van der Waals surface area contributed by atoms with Crippen LogP contribution in [-0.4, -0.2) is 44.0 Å². The summed E-state index contributed by atoms with van der Waals surface area (Å²) in [5.41, 5.74) is 1.92. The number of nitrogens with one attached hydrogen (secondary N) is 1. The highest BCUT2D eigenvalue weighted by Crippen LogP contribution is 2.34. The molecule has 202 valence electrons. The minimum absolute atomic E-state index is 0.0767. The average molecular weight is 607 g/mol. The van der Waals surface area contributed by atoms with Crippen molar-refractivity contribution in [2.75, 3.05) is 11.9 Å². The smallest absolute Gasteiger partial charge is 0.412 e. The van der Waals surface area contributed by atoms with Crippen LogP contribution in [0.2, 0.25) is 5.02 Å². The first kappa shape index (κ1) is 28.0. The zero-order valence-electron chi connectivity index (χ0n) is 21.7. The van der Waals surface area contributed by atoms with Crippen molar-refractivity contribution in [3.8, 4) is 0 Å². The van der Waals surface area contributed by atoms with E-state index in [1.165, 1.54) is 6.07 Å². The number of halogens is 3. The molecular weight excluding hydrogens is 577 g/mol. The van der Waals surface area contributed by atoms with Gasteiger partial charge in [-0.05, 0) is 85.8 Å². The van der Waals surface area contributed by atoms with E-state index in [1.807, 2.05) is 13.1 Å². The summed E-state index contributed by atoms with van der Waals surface area (Å²) in [4.78, 5) is 27.4. The summed E-state index contributed by atoms with van der Waals surface area (Å²) < 4.78 is 21.1. The van der Waals surface area contributed by atoms with Crippen LogP contribution in [0, 0.1) is 5.82 Å². The molecule has 1 fully saturated rings. The van der Waals surface area contributed by atoms with Crippen molar-refractivity contribution in [3.63, 3.8) is 0 Å². The van der Waals surface area contributed by atoms with E-state index >= 15 is 0 Å². The van der Waals surface area contributed by atoms with Gasteiger partial charge in [0, 0.05) is 6.54 Å². The maximum absolute atomic E-state index is 13.7. The molecule has 11 heteroatoms. The summed E-state index contributed by atoms with van der Waals surface area (Å²) in [5, 5.41) is 11.6. The third-order valence-electron chi connectivity index (χ3n) is 6.32. The Morgan fingerprint density at radius 2 is 2.05 bits per heavy atom. The molecule has 0 saturated carbocycles. The lowest BCUT2D eigenvalue weighted by molar-refractivity contribution is -0.131. The molecule has 2 atom stereocenters. The monoisotopic (exact) mass is 605 g/mol. The minimum atomic E-state index is -0.648. The van der Waals surface area contributed by atoms with Crippen LogP contribution < -0.4 is 5.32 Å². The number of amides is 2. The molecule has 1 unspecified atom stereocenters. The van der Waals surface area contributed by atoms with E-state index in [9.17, 15) is 14.0 Å². The molecule has 2 aromatic carbocycles. The molecule has 1 aliphatic heterocycles. The Morgan fingerprint density at radius 3 is 2.76 bits per heavy atom. The molecule has 1 aromatic heterocycles. The third-order valence-corrected chi connectivity index (χ3v) is 7.38. The van der Waals surface area contributed by atoms with Crippen LogP contribution >= 0.6 is 27.5 Å². The minimum Gasteiger partial charge on any atom is -0.444 e. The Balaban J connectivity index is 1.46. The first-order valence-corrected chi connectivity index (χ1v) is 13.5. The SMILES string of the molecule is C[C@@H](c1ccc(F)c(Br)c1)n1cc(C2CCCN2C(=O)Cc2cccc(NC(=O)OC(C)(C)C)c2Cl)nn1. The average Bonchev–Trinajstić information content (AvgIpc) is 3.51. The quantitative estimate of drug-likeness (QED) is 0.338. The van der Waals surface area contributed by atoms with Gasteiger partial charge in [-0.25, -0.2) is 13.9 Å². The van der Waals surface area contributed by atoms with E-state index in [1.54, 1.807) is 60.7 Å². The number of carbonyl (C=O) groups is 2. The van der Waals surface area contributed by atoms with Crippen LogP contribution in [0.4, 0.5) is 14.9 Å². The summed E-state index contributed by atoms with van der Waals surface area (Å²) in [6.07, 6.45) is 2.92. The van der Waals surface area contributed by atoms with Gasteiger partial charge in [-0.3, -0.25) is 10.1 Å². The number of nitrogens with zero attached hydrogens (tertiary/aromatic N) is 4. The lowest BCUT2D eigenvalue weighted by Gasteiger charge is -2.24. The van der Waals surface area contributed by atoms with Gasteiger partial charge in [-0.15, -0.1) is 5.10 Å². The molecule has 1 saturated heterocycles. The highest BCUT2D eigenvalue weighted by atomic mass is 79.9. The van der Waals surface area contributed by atoms with Crippen LogP contribution in [0.25, 0.3) is 0 Å². The molecule has 4 rings (SSSR count). The molecule has 1 aliphatic rings. The Morgan fingerprint density at radius 1 is 1.29 bits per heavy atom. The Hall–Kier alpha value is -2.98. The van der Waals surface area contributed by atoms with Gasteiger partial charge in [0.25, 0.3) is 0 Å². The number of benzene rings is 2. The summed E-state index contributed by atoms with van der Waals surface area (Å²) in [6, 6.07) is 9.65. The standard InChI is InChI=1S/C27H30BrClFN5O3/c1-16(17-10-11-20(30)19(28)13-17)35-15-22(32-33-35)23-9-6-12-34(23)24(36)14-18-7-5-8-21(25(18)29)31-26(37)38-27(2,3)4/h5,7-8,10-11,13,15-16,23H,6,9,12,14H2,1-4H3,(H,31,37)/t16-,23?/m0/s1. The molecule has 2 amide bonds. The largest absolute Gasteiger partial charge is 0.444 e. The highest BCUT2D eigenvalue weighted by Gasteiger charge is 2.32. The van der Waals surface area contributed by atoms with E-state index in [4.69, 9.17) is 16.3 Å². The van der Waals surface area contributed by atoms with E-state index in [-0.39, 0.29) is 30.2 Å². The second-order valence-electron chi connectivity index (χ2n) is 10.3. The van der Waals surface area contributed by atoms with Crippen molar-refractivity contribution in [2.24, 2.45) is 0 Å². The van der Waals surface area contributed by atoms with Crippen LogP contribution in [0.15, 0.2) is 47.1 Å². The van der Waals surface area contributed by atoms with E-state index < -0.39 is 11.7 Å². The fraction of sp³-hybridized carbons (Fsp3) is 0.407. The van der Waals surface area contributed by atoms with E-state index in [0.717, 1.165) is 18.4 Å². The summed E-state index contributed by atoms with van der Waals surface area (Å²) >= 11 is 9.78. The number of anilines is 1. The molecule has 1 N–H and O–H groups in total. The first-order valence-electron chi connectivity index (χ1n) is 12.4. The van der Waals surface area contributed by atoms with Gasteiger partial charge in [0.1, 0.15) is 17.1 Å². The molecular formula is C27H30BrClFN5O3. The summed E-state index contributed by atoms with van der Waals surface area (Å²) in [6.45, 7) is 7.88. The van der Waals surface area contributed by atoms with Gasteiger partial charge in [0.15, 0.2) is 0 Å². The van der Waals surface area contributed by atoms with Crippen LogP contribution in [-0.2, 0) is 16.0 Å². The second kappa shape index (κ2) is 11.4. The van der Waals surface area contributed by atoms with Gasteiger partial charge < -0.3 is 9.64 Å².